The van der Waals surface area contributed by atoms with E-state index in [4.69, 9.17) is 0 Å². The molecule has 3 nitrogen and oxygen atoms in total. The minimum absolute atomic E-state index is 0.326. The molecule has 1 aromatic carbocycles. The molecule has 0 aliphatic carbocycles. The molecule has 0 amide bonds. The Morgan fingerprint density at radius 1 is 1.56 bits per heavy atom. The van der Waals surface area contributed by atoms with Gasteiger partial charge in [-0.3, -0.25) is 10.1 Å². The summed E-state index contributed by atoms with van der Waals surface area (Å²) in [5, 5.41) is 12.2. The van der Waals surface area contributed by atoms with Crippen LogP contribution in [0.15, 0.2) is 22.7 Å². The second kappa shape index (κ2) is 6.29. The topological polar surface area (TPSA) is 49.3 Å². The maximum Gasteiger partial charge on any atom is 0.323 e. The average molecular weight is 318 g/mol. The summed E-state index contributed by atoms with van der Waals surface area (Å²) in [6.45, 7) is 4.00. The van der Waals surface area contributed by atoms with Crippen LogP contribution < -0.4 is 5.32 Å². The van der Waals surface area contributed by atoms with Crippen molar-refractivity contribution in [1.82, 2.24) is 5.32 Å². The van der Waals surface area contributed by atoms with E-state index < -0.39 is 11.5 Å². The van der Waals surface area contributed by atoms with Crippen molar-refractivity contribution in [3.05, 3.63) is 34.1 Å². The van der Waals surface area contributed by atoms with Gasteiger partial charge in [0.15, 0.2) is 0 Å². The van der Waals surface area contributed by atoms with E-state index >= 15 is 0 Å². The van der Waals surface area contributed by atoms with Crippen LogP contribution in [-0.2, 0) is 11.3 Å². The Labute approximate surface area is 115 Å². The van der Waals surface area contributed by atoms with Gasteiger partial charge in [0.2, 0.25) is 0 Å². The number of nitrogens with one attached hydrogen (secondary N) is 1. The fourth-order valence-electron chi connectivity index (χ4n) is 1.72. The summed E-state index contributed by atoms with van der Waals surface area (Å²) in [5.41, 5.74) is -0.109. The van der Waals surface area contributed by atoms with Crippen LogP contribution in [0.5, 0.6) is 0 Å². The molecule has 1 atom stereocenters. The van der Waals surface area contributed by atoms with Crippen molar-refractivity contribution in [2.24, 2.45) is 0 Å². The lowest BCUT2D eigenvalue weighted by molar-refractivity contribution is -0.144. The molecule has 2 N–H and O–H groups in total. The van der Waals surface area contributed by atoms with E-state index in [1.165, 1.54) is 6.07 Å². The predicted molar refractivity (Wildman–Crippen MR) is 71.9 cm³/mol. The maximum absolute atomic E-state index is 13.1. The largest absolute Gasteiger partial charge is 0.480 e. The zero-order valence-corrected chi connectivity index (χ0v) is 12.1. The minimum atomic E-state index is -0.949. The van der Waals surface area contributed by atoms with Crippen LogP contribution in [0.2, 0.25) is 0 Å². The van der Waals surface area contributed by atoms with Crippen molar-refractivity contribution in [2.45, 2.75) is 38.8 Å². The zero-order valence-electron chi connectivity index (χ0n) is 10.5. The monoisotopic (exact) mass is 317 g/mol. The molecule has 0 radical (unpaired) electrons. The van der Waals surface area contributed by atoms with Crippen molar-refractivity contribution in [2.75, 3.05) is 0 Å². The van der Waals surface area contributed by atoms with E-state index in [2.05, 4.69) is 21.2 Å². The van der Waals surface area contributed by atoms with Crippen molar-refractivity contribution in [3.63, 3.8) is 0 Å². The molecule has 0 aliphatic rings. The molecule has 0 spiro atoms. The highest BCUT2D eigenvalue weighted by Gasteiger charge is 2.31. The van der Waals surface area contributed by atoms with E-state index in [9.17, 15) is 14.3 Å². The number of benzene rings is 1. The number of rotatable bonds is 6. The summed E-state index contributed by atoms with van der Waals surface area (Å²) in [6.07, 6.45) is 1.33. The number of carbonyl (C=O) groups is 1. The molecule has 0 fully saturated rings. The van der Waals surface area contributed by atoms with Crippen molar-refractivity contribution in [3.8, 4) is 0 Å². The lowest BCUT2D eigenvalue weighted by Crippen LogP contribution is -2.48. The highest BCUT2D eigenvalue weighted by atomic mass is 79.9. The van der Waals surface area contributed by atoms with Gasteiger partial charge in [0.1, 0.15) is 11.4 Å². The zero-order chi connectivity index (χ0) is 13.8. The third-order valence-electron chi connectivity index (χ3n) is 2.89. The van der Waals surface area contributed by atoms with Gasteiger partial charge >= 0.3 is 5.97 Å². The third-order valence-corrected chi connectivity index (χ3v) is 3.50. The summed E-state index contributed by atoms with van der Waals surface area (Å²) in [7, 11) is 0. The molecule has 5 heteroatoms. The number of carboxylic acids is 1. The first-order valence-corrected chi connectivity index (χ1v) is 6.60. The average Bonchev–Trinajstić information content (AvgIpc) is 2.31. The van der Waals surface area contributed by atoms with Gasteiger partial charge in [0.05, 0.1) is 4.47 Å². The van der Waals surface area contributed by atoms with Crippen molar-refractivity contribution in [1.29, 1.82) is 0 Å². The summed E-state index contributed by atoms with van der Waals surface area (Å²) >= 11 is 3.11. The summed E-state index contributed by atoms with van der Waals surface area (Å²) in [5.74, 6) is -1.20. The highest BCUT2D eigenvalue weighted by Crippen LogP contribution is 2.18. The molecule has 0 bridgehead atoms. The van der Waals surface area contributed by atoms with Crippen LogP contribution >= 0.6 is 15.9 Å². The van der Waals surface area contributed by atoms with E-state index in [0.717, 1.165) is 12.0 Å². The molecule has 0 heterocycles. The fraction of sp³-hybridized carbons (Fsp3) is 0.462. The Balaban J connectivity index is 2.73. The Morgan fingerprint density at radius 3 is 2.72 bits per heavy atom. The van der Waals surface area contributed by atoms with E-state index in [0.29, 0.717) is 17.4 Å². The van der Waals surface area contributed by atoms with Crippen LogP contribution in [0.3, 0.4) is 0 Å². The first kappa shape index (κ1) is 15.1. The molecular weight excluding hydrogens is 301 g/mol. The molecule has 1 rings (SSSR count). The summed E-state index contributed by atoms with van der Waals surface area (Å²) < 4.78 is 13.4. The van der Waals surface area contributed by atoms with Gasteiger partial charge in [-0.05, 0) is 47.0 Å². The van der Waals surface area contributed by atoms with E-state index in [1.807, 2.05) is 6.92 Å². The number of hydrogen-bond acceptors (Lipinski definition) is 2. The van der Waals surface area contributed by atoms with Gasteiger partial charge in [-0.1, -0.05) is 19.4 Å². The van der Waals surface area contributed by atoms with Gasteiger partial charge in [-0.2, -0.15) is 0 Å². The molecular formula is C13H17BrFNO2. The fourth-order valence-corrected chi connectivity index (χ4v) is 2.14. The van der Waals surface area contributed by atoms with Crippen LogP contribution in [-0.4, -0.2) is 16.6 Å². The number of aliphatic carboxylic acids is 1. The van der Waals surface area contributed by atoms with Gasteiger partial charge in [-0.15, -0.1) is 0 Å². The summed E-state index contributed by atoms with van der Waals surface area (Å²) in [4.78, 5) is 11.2. The van der Waals surface area contributed by atoms with Crippen LogP contribution in [0, 0.1) is 5.82 Å². The summed E-state index contributed by atoms with van der Waals surface area (Å²) in [6, 6.07) is 4.65. The first-order valence-electron chi connectivity index (χ1n) is 5.81. The Kier molecular flexibility index (Phi) is 5.28. The van der Waals surface area contributed by atoms with Crippen LogP contribution in [0.4, 0.5) is 4.39 Å². The smallest absolute Gasteiger partial charge is 0.323 e. The molecule has 1 unspecified atom stereocenters. The second-order valence-electron chi connectivity index (χ2n) is 4.49. The van der Waals surface area contributed by atoms with Gasteiger partial charge in [-0.25, -0.2) is 4.39 Å². The second-order valence-corrected chi connectivity index (χ2v) is 5.34. The first-order chi connectivity index (χ1) is 8.39. The number of halogens is 2. The third kappa shape index (κ3) is 3.78. The molecule has 1 aromatic rings. The Bertz CT molecular complexity index is 439. The predicted octanol–water partition coefficient (Wildman–Crippen LogP) is 3.32. The van der Waals surface area contributed by atoms with Gasteiger partial charge in [0, 0.05) is 6.54 Å². The van der Waals surface area contributed by atoms with E-state index in [-0.39, 0.29) is 5.82 Å². The molecule has 0 aromatic heterocycles. The Hall–Kier alpha value is -0.940. The highest BCUT2D eigenvalue weighted by molar-refractivity contribution is 9.10. The van der Waals surface area contributed by atoms with E-state index in [1.54, 1.807) is 19.1 Å². The van der Waals surface area contributed by atoms with Gasteiger partial charge < -0.3 is 5.11 Å². The lowest BCUT2D eigenvalue weighted by atomic mass is 9.96. The molecule has 100 valence electrons. The standard InChI is InChI=1S/C13H17BrFNO2/c1-3-6-13(2,12(17)18)16-8-9-4-5-11(15)10(14)7-9/h4-5,7,16H,3,6,8H2,1-2H3,(H,17,18). The normalized spacial score (nSPS) is 14.2. The molecule has 0 saturated carbocycles. The van der Waals surface area contributed by atoms with Crippen LogP contribution in [0.1, 0.15) is 32.3 Å². The number of hydrogen-bond donors (Lipinski definition) is 2. The minimum Gasteiger partial charge on any atom is -0.480 e. The van der Waals surface area contributed by atoms with Gasteiger partial charge in [0.25, 0.3) is 0 Å². The molecule has 18 heavy (non-hydrogen) atoms. The SMILES string of the molecule is CCCC(C)(NCc1ccc(F)c(Br)c1)C(=O)O. The maximum atomic E-state index is 13.1. The number of carboxylic acid groups (broad SMARTS) is 1. The van der Waals surface area contributed by atoms with Crippen molar-refractivity contribution < 1.29 is 14.3 Å². The van der Waals surface area contributed by atoms with Crippen molar-refractivity contribution >= 4 is 21.9 Å². The van der Waals surface area contributed by atoms with Crippen LogP contribution in [0.25, 0.3) is 0 Å². The Morgan fingerprint density at radius 2 is 2.22 bits per heavy atom. The molecule has 0 saturated heterocycles. The quantitative estimate of drug-likeness (QED) is 0.846. The lowest BCUT2D eigenvalue weighted by Gasteiger charge is -2.26. The molecule has 0 aliphatic heterocycles.